The van der Waals surface area contributed by atoms with E-state index < -0.39 is 0 Å². The van der Waals surface area contributed by atoms with E-state index in [1.165, 1.54) is 11.1 Å². The molecule has 0 aliphatic rings. The molecule has 112 valence electrons. The molecule has 1 aromatic carbocycles. The molecule has 2 N–H and O–H groups in total. The third-order valence-electron chi connectivity index (χ3n) is 3.09. The lowest BCUT2D eigenvalue weighted by molar-refractivity contribution is 0.345. The quantitative estimate of drug-likeness (QED) is 0.618. The number of rotatable bonds is 6. The van der Waals surface area contributed by atoms with E-state index in [-0.39, 0.29) is 0 Å². The van der Waals surface area contributed by atoms with E-state index in [0.29, 0.717) is 6.04 Å². The first-order valence-electron chi connectivity index (χ1n) is 7.28. The lowest BCUT2D eigenvalue weighted by Crippen LogP contribution is -2.40. The van der Waals surface area contributed by atoms with E-state index in [0.717, 1.165) is 25.6 Å². The third kappa shape index (κ3) is 6.06. The molecule has 0 bridgehead atoms. The monoisotopic (exact) mass is 276 g/mol. The van der Waals surface area contributed by atoms with Crippen LogP contribution in [0.25, 0.3) is 0 Å². The van der Waals surface area contributed by atoms with Crippen LogP contribution in [-0.4, -0.2) is 37.5 Å². The molecule has 0 aliphatic carbocycles. The van der Waals surface area contributed by atoms with Crippen LogP contribution in [0.3, 0.4) is 0 Å². The number of nitrogens with zero attached hydrogens (tertiary/aromatic N) is 2. The molecule has 0 heterocycles. The fourth-order valence-corrected chi connectivity index (χ4v) is 1.92. The third-order valence-corrected chi connectivity index (χ3v) is 3.09. The van der Waals surface area contributed by atoms with Gasteiger partial charge in [-0.1, -0.05) is 31.2 Å². The minimum absolute atomic E-state index is 0.380. The SMILES string of the molecule is CCN(C)Cc1cccc(CNC(=NC)NC(C)C)c1. The van der Waals surface area contributed by atoms with Gasteiger partial charge in [0.2, 0.25) is 0 Å². The molecule has 0 saturated heterocycles. The van der Waals surface area contributed by atoms with Gasteiger partial charge in [0.25, 0.3) is 0 Å². The average molecular weight is 276 g/mol. The predicted molar refractivity (Wildman–Crippen MR) is 86.9 cm³/mol. The van der Waals surface area contributed by atoms with Gasteiger partial charge < -0.3 is 15.5 Å². The number of benzene rings is 1. The van der Waals surface area contributed by atoms with Crippen LogP contribution in [0.1, 0.15) is 31.9 Å². The normalized spacial score (nSPS) is 12.1. The second-order valence-electron chi connectivity index (χ2n) is 5.38. The van der Waals surface area contributed by atoms with Crippen LogP contribution >= 0.6 is 0 Å². The Kier molecular flexibility index (Phi) is 7.09. The average Bonchev–Trinajstić information content (AvgIpc) is 2.43. The van der Waals surface area contributed by atoms with Crippen LogP contribution in [0.5, 0.6) is 0 Å². The summed E-state index contributed by atoms with van der Waals surface area (Å²) in [5.74, 6) is 0.844. The van der Waals surface area contributed by atoms with Gasteiger partial charge in [0, 0.05) is 26.2 Å². The zero-order valence-corrected chi connectivity index (χ0v) is 13.4. The van der Waals surface area contributed by atoms with Crippen molar-refractivity contribution in [2.75, 3.05) is 20.6 Å². The van der Waals surface area contributed by atoms with E-state index >= 15 is 0 Å². The highest BCUT2D eigenvalue weighted by atomic mass is 15.2. The van der Waals surface area contributed by atoms with Gasteiger partial charge in [-0.2, -0.15) is 0 Å². The first-order valence-corrected chi connectivity index (χ1v) is 7.28. The molecule has 1 aromatic rings. The van der Waals surface area contributed by atoms with Gasteiger partial charge in [-0.25, -0.2) is 0 Å². The van der Waals surface area contributed by atoms with Crippen molar-refractivity contribution in [1.82, 2.24) is 15.5 Å². The van der Waals surface area contributed by atoms with E-state index in [9.17, 15) is 0 Å². The van der Waals surface area contributed by atoms with Crippen molar-refractivity contribution in [1.29, 1.82) is 0 Å². The lowest BCUT2D eigenvalue weighted by atomic mass is 10.1. The molecular formula is C16H28N4. The van der Waals surface area contributed by atoms with Crippen molar-refractivity contribution in [3.05, 3.63) is 35.4 Å². The summed E-state index contributed by atoms with van der Waals surface area (Å²) in [5, 5.41) is 6.62. The van der Waals surface area contributed by atoms with E-state index in [1.807, 2.05) is 0 Å². The number of hydrogen-bond acceptors (Lipinski definition) is 2. The Morgan fingerprint density at radius 2 is 2.00 bits per heavy atom. The molecule has 4 nitrogen and oxygen atoms in total. The van der Waals surface area contributed by atoms with Crippen LogP contribution in [0, 0.1) is 0 Å². The van der Waals surface area contributed by atoms with Crippen LogP contribution in [0.15, 0.2) is 29.3 Å². The summed E-state index contributed by atoms with van der Waals surface area (Å²) >= 11 is 0. The van der Waals surface area contributed by atoms with Crippen LogP contribution in [0.4, 0.5) is 0 Å². The van der Waals surface area contributed by atoms with Crippen molar-refractivity contribution < 1.29 is 0 Å². The van der Waals surface area contributed by atoms with Crippen LogP contribution < -0.4 is 10.6 Å². The highest BCUT2D eigenvalue weighted by molar-refractivity contribution is 5.79. The summed E-state index contributed by atoms with van der Waals surface area (Å²) in [5.41, 5.74) is 2.62. The minimum atomic E-state index is 0.380. The van der Waals surface area contributed by atoms with Crippen LogP contribution in [-0.2, 0) is 13.1 Å². The standard InChI is InChI=1S/C16H28N4/c1-6-20(5)12-15-9-7-8-14(10-15)11-18-16(17-4)19-13(2)3/h7-10,13H,6,11-12H2,1-5H3,(H2,17,18,19). The Bertz CT molecular complexity index is 426. The van der Waals surface area contributed by atoms with Gasteiger partial charge >= 0.3 is 0 Å². The molecule has 1 rings (SSSR count). The maximum atomic E-state index is 4.21. The molecule has 0 saturated carbocycles. The first-order chi connectivity index (χ1) is 9.55. The second kappa shape index (κ2) is 8.59. The van der Waals surface area contributed by atoms with Crippen molar-refractivity contribution in [2.24, 2.45) is 4.99 Å². The van der Waals surface area contributed by atoms with Gasteiger partial charge in [-0.3, -0.25) is 4.99 Å². The molecule has 0 aliphatic heterocycles. The Morgan fingerprint density at radius 3 is 2.60 bits per heavy atom. The highest BCUT2D eigenvalue weighted by Crippen LogP contribution is 2.07. The Labute approximate surface area is 123 Å². The maximum absolute atomic E-state index is 4.21. The molecule has 0 spiro atoms. The topological polar surface area (TPSA) is 39.7 Å². The number of guanidine groups is 1. The molecule has 0 amide bonds. The maximum Gasteiger partial charge on any atom is 0.191 e. The van der Waals surface area contributed by atoms with Gasteiger partial charge in [0.15, 0.2) is 5.96 Å². The molecule has 4 heteroatoms. The Hall–Kier alpha value is -1.55. The molecule has 0 atom stereocenters. The zero-order chi connectivity index (χ0) is 15.0. The van der Waals surface area contributed by atoms with Crippen molar-refractivity contribution in [3.8, 4) is 0 Å². The van der Waals surface area contributed by atoms with Crippen LogP contribution in [0.2, 0.25) is 0 Å². The Morgan fingerprint density at radius 1 is 1.30 bits per heavy atom. The smallest absolute Gasteiger partial charge is 0.191 e. The number of nitrogens with one attached hydrogen (secondary N) is 2. The summed E-state index contributed by atoms with van der Waals surface area (Å²) in [4.78, 5) is 6.51. The summed E-state index contributed by atoms with van der Waals surface area (Å²) < 4.78 is 0. The highest BCUT2D eigenvalue weighted by Gasteiger charge is 2.02. The Balaban J connectivity index is 2.57. The summed E-state index contributed by atoms with van der Waals surface area (Å²) in [6.07, 6.45) is 0. The minimum Gasteiger partial charge on any atom is -0.354 e. The first kappa shape index (κ1) is 16.5. The molecular weight excluding hydrogens is 248 g/mol. The van der Waals surface area contributed by atoms with Crippen molar-refractivity contribution in [3.63, 3.8) is 0 Å². The summed E-state index contributed by atoms with van der Waals surface area (Å²) in [6, 6.07) is 9.07. The van der Waals surface area contributed by atoms with Gasteiger partial charge in [0.05, 0.1) is 0 Å². The largest absolute Gasteiger partial charge is 0.354 e. The molecule has 0 radical (unpaired) electrons. The number of aliphatic imine (C=N–C) groups is 1. The summed E-state index contributed by atoms with van der Waals surface area (Å²) in [7, 11) is 3.93. The molecule has 0 fully saturated rings. The predicted octanol–water partition coefficient (Wildman–Crippen LogP) is 2.21. The van der Waals surface area contributed by atoms with E-state index in [4.69, 9.17) is 0 Å². The second-order valence-corrected chi connectivity index (χ2v) is 5.38. The summed E-state index contributed by atoms with van der Waals surface area (Å²) in [6.45, 7) is 9.22. The van der Waals surface area contributed by atoms with Gasteiger partial charge in [0.1, 0.15) is 0 Å². The lowest BCUT2D eigenvalue weighted by Gasteiger charge is -2.16. The molecule has 0 aromatic heterocycles. The van der Waals surface area contributed by atoms with E-state index in [1.54, 1.807) is 7.05 Å². The van der Waals surface area contributed by atoms with E-state index in [2.05, 4.69) is 72.6 Å². The molecule has 0 unspecified atom stereocenters. The van der Waals surface area contributed by atoms with Gasteiger partial charge in [-0.15, -0.1) is 0 Å². The molecule has 20 heavy (non-hydrogen) atoms. The fourth-order valence-electron chi connectivity index (χ4n) is 1.92. The fraction of sp³-hybridized carbons (Fsp3) is 0.562. The zero-order valence-electron chi connectivity index (χ0n) is 13.4. The van der Waals surface area contributed by atoms with Gasteiger partial charge in [-0.05, 0) is 38.6 Å². The number of hydrogen-bond donors (Lipinski definition) is 2. The van der Waals surface area contributed by atoms with Crippen molar-refractivity contribution >= 4 is 5.96 Å². The van der Waals surface area contributed by atoms with Crippen molar-refractivity contribution in [2.45, 2.75) is 39.9 Å².